The molecule has 3 heterocycles. The van der Waals surface area contributed by atoms with Crippen LogP contribution in [-0.2, 0) is 11.2 Å². The molecule has 7 heteroatoms. The molecule has 0 spiro atoms. The smallest absolute Gasteiger partial charge is 0.309 e. The Morgan fingerprint density at radius 3 is 2.75 bits per heavy atom. The minimum atomic E-state index is -0.921. The molecule has 0 unspecified atom stereocenters. The topological polar surface area (TPSA) is 54.6 Å². The normalized spacial score (nSPS) is 11.1. The summed E-state index contributed by atoms with van der Waals surface area (Å²) < 4.78 is 2.34. The zero-order valence-electron chi connectivity index (χ0n) is 10.0. The highest BCUT2D eigenvalue weighted by Gasteiger charge is 2.18. The standard InChI is InChI=1S/C13H8Cl2N2O2S/c14-7-1-4-11-16-13(9-2-3-10(15)20-9)8(5-12(18)19)17(11)6-7/h1-4,6H,5H2,(H,18,19). The van der Waals surface area contributed by atoms with Gasteiger partial charge in [-0.2, -0.15) is 0 Å². The molecule has 0 aliphatic heterocycles. The molecule has 20 heavy (non-hydrogen) atoms. The Balaban J connectivity index is 2.27. The number of hydrogen-bond donors (Lipinski definition) is 1. The molecule has 0 amide bonds. The second-order valence-electron chi connectivity index (χ2n) is 4.16. The van der Waals surface area contributed by atoms with Crippen molar-refractivity contribution in [2.75, 3.05) is 0 Å². The Labute approximate surface area is 128 Å². The summed E-state index contributed by atoms with van der Waals surface area (Å²) in [5.74, 6) is -0.921. The van der Waals surface area contributed by atoms with Crippen LogP contribution >= 0.6 is 34.5 Å². The maximum absolute atomic E-state index is 11.1. The number of aliphatic carboxylic acids is 1. The third kappa shape index (κ3) is 2.40. The van der Waals surface area contributed by atoms with Crippen molar-refractivity contribution in [3.8, 4) is 10.6 Å². The van der Waals surface area contributed by atoms with Crippen LogP contribution in [0.25, 0.3) is 16.2 Å². The molecule has 4 nitrogen and oxygen atoms in total. The summed E-state index contributed by atoms with van der Waals surface area (Å²) in [6, 6.07) is 7.08. The van der Waals surface area contributed by atoms with Crippen LogP contribution in [0.2, 0.25) is 9.36 Å². The average molecular weight is 327 g/mol. The van der Waals surface area contributed by atoms with Crippen LogP contribution in [0.1, 0.15) is 5.69 Å². The number of pyridine rings is 1. The Morgan fingerprint density at radius 1 is 1.30 bits per heavy atom. The fourth-order valence-electron chi connectivity index (χ4n) is 2.02. The summed E-state index contributed by atoms with van der Waals surface area (Å²) in [6.07, 6.45) is 1.53. The second-order valence-corrected chi connectivity index (χ2v) is 6.31. The third-order valence-electron chi connectivity index (χ3n) is 2.81. The van der Waals surface area contributed by atoms with Gasteiger partial charge in [0, 0.05) is 6.20 Å². The van der Waals surface area contributed by atoms with Crippen molar-refractivity contribution >= 4 is 46.2 Å². The highest BCUT2D eigenvalue weighted by atomic mass is 35.5. The van der Waals surface area contributed by atoms with E-state index in [1.54, 1.807) is 28.8 Å². The number of hydrogen-bond acceptors (Lipinski definition) is 3. The second kappa shape index (κ2) is 5.09. The molecule has 3 aromatic rings. The van der Waals surface area contributed by atoms with Crippen LogP contribution in [0.4, 0.5) is 0 Å². The molecule has 0 saturated heterocycles. The highest BCUT2D eigenvalue weighted by molar-refractivity contribution is 7.19. The van der Waals surface area contributed by atoms with E-state index in [0.717, 1.165) is 4.88 Å². The van der Waals surface area contributed by atoms with E-state index in [4.69, 9.17) is 28.3 Å². The zero-order chi connectivity index (χ0) is 14.3. The molecule has 3 rings (SSSR count). The monoisotopic (exact) mass is 326 g/mol. The van der Waals surface area contributed by atoms with E-state index in [2.05, 4.69) is 4.98 Å². The minimum absolute atomic E-state index is 0.133. The zero-order valence-corrected chi connectivity index (χ0v) is 12.3. The summed E-state index contributed by atoms with van der Waals surface area (Å²) in [4.78, 5) is 16.4. The van der Waals surface area contributed by atoms with Gasteiger partial charge in [0.25, 0.3) is 0 Å². The summed E-state index contributed by atoms with van der Waals surface area (Å²) in [6.45, 7) is 0. The number of halogens is 2. The number of aromatic nitrogens is 2. The number of carbonyl (C=O) groups is 1. The predicted molar refractivity (Wildman–Crippen MR) is 79.9 cm³/mol. The van der Waals surface area contributed by atoms with Crippen LogP contribution in [0, 0.1) is 0 Å². The molecule has 0 aliphatic carbocycles. The lowest BCUT2D eigenvalue weighted by atomic mass is 10.2. The van der Waals surface area contributed by atoms with Gasteiger partial charge in [-0.05, 0) is 24.3 Å². The van der Waals surface area contributed by atoms with Crippen LogP contribution in [0.3, 0.4) is 0 Å². The van der Waals surface area contributed by atoms with E-state index in [1.165, 1.54) is 11.3 Å². The fraction of sp³-hybridized carbons (Fsp3) is 0.0769. The Kier molecular flexibility index (Phi) is 3.41. The Hall–Kier alpha value is -1.56. The lowest BCUT2D eigenvalue weighted by Crippen LogP contribution is -2.04. The fourth-order valence-corrected chi connectivity index (χ4v) is 3.23. The van der Waals surface area contributed by atoms with Gasteiger partial charge in [-0.25, -0.2) is 4.98 Å². The first kappa shape index (κ1) is 13.4. The van der Waals surface area contributed by atoms with Crippen LogP contribution < -0.4 is 0 Å². The lowest BCUT2D eigenvalue weighted by Gasteiger charge is -2.01. The van der Waals surface area contributed by atoms with Gasteiger partial charge in [0.05, 0.1) is 26.4 Å². The van der Waals surface area contributed by atoms with Crippen LogP contribution in [0.5, 0.6) is 0 Å². The molecule has 0 aliphatic rings. The van der Waals surface area contributed by atoms with E-state index in [9.17, 15) is 4.79 Å². The van der Waals surface area contributed by atoms with Gasteiger partial charge in [0.2, 0.25) is 0 Å². The molecule has 0 radical (unpaired) electrons. The number of thiophene rings is 1. The molecule has 0 atom stereocenters. The van der Waals surface area contributed by atoms with Crippen molar-refractivity contribution in [1.82, 2.24) is 9.38 Å². The number of carboxylic acids is 1. The van der Waals surface area contributed by atoms with E-state index >= 15 is 0 Å². The first-order valence-corrected chi connectivity index (χ1v) is 7.26. The number of fused-ring (bicyclic) bond motifs is 1. The van der Waals surface area contributed by atoms with Gasteiger partial charge in [-0.15, -0.1) is 11.3 Å². The van der Waals surface area contributed by atoms with Crippen molar-refractivity contribution < 1.29 is 9.90 Å². The van der Waals surface area contributed by atoms with Gasteiger partial charge in [-0.3, -0.25) is 4.79 Å². The highest BCUT2D eigenvalue weighted by Crippen LogP contribution is 2.33. The van der Waals surface area contributed by atoms with Crippen LogP contribution in [-0.4, -0.2) is 20.5 Å². The van der Waals surface area contributed by atoms with E-state index in [1.807, 2.05) is 6.07 Å². The van der Waals surface area contributed by atoms with Gasteiger partial charge >= 0.3 is 5.97 Å². The summed E-state index contributed by atoms with van der Waals surface area (Å²) in [7, 11) is 0. The SMILES string of the molecule is O=C(O)Cc1c(-c2ccc(Cl)s2)nc2ccc(Cl)cn12. The van der Waals surface area contributed by atoms with Crippen molar-refractivity contribution in [3.63, 3.8) is 0 Å². The Morgan fingerprint density at radius 2 is 2.10 bits per heavy atom. The number of imidazole rings is 1. The lowest BCUT2D eigenvalue weighted by molar-refractivity contribution is -0.136. The van der Waals surface area contributed by atoms with Crippen LogP contribution in [0.15, 0.2) is 30.5 Å². The van der Waals surface area contributed by atoms with Crippen molar-refractivity contribution in [2.24, 2.45) is 0 Å². The number of nitrogens with zero attached hydrogens (tertiary/aromatic N) is 2. The molecular weight excluding hydrogens is 319 g/mol. The van der Waals surface area contributed by atoms with Gasteiger partial charge in [0.1, 0.15) is 11.3 Å². The molecule has 3 aromatic heterocycles. The number of rotatable bonds is 3. The third-order valence-corrected chi connectivity index (χ3v) is 4.27. The largest absolute Gasteiger partial charge is 0.481 e. The van der Waals surface area contributed by atoms with Crippen molar-refractivity contribution in [1.29, 1.82) is 0 Å². The summed E-state index contributed by atoms with van der Waals surface area (Å²) >= 11 is 13.3. The van der Waals surface area contributed by atoms with E-state index in [-0.39, 0.29) is 6.42 Å². The number of carboxylic acid groups (broad SMARTS) is 1. The maximum atomic E-state index is 11.1. The maximum Gasteiger partial charge on any atom is 0.309 e. The quantitative estimate of drug-likeness (QED) is 0.791. The molecule has 1 N–H and O–H groups in total. The van der Waals surface area contributed by atoms with Gasteiger partial charge in [-0.1, -0.05) is 23.2 Å². The first-order valence-electron chi connectivity index (χ1n) is 5.68. The predicted octanol–water partition coefficient (Wildman–Crippen LogP) is 4.00. The molecular formula is C13H8Cl2N2O2S. The molecule has 0 fully saturated rings. The summed E-state index contributed by atoms with van der Waals surface area (Å²) in [5, 5.41) is 9.62. The molecule has 0 aromatic carbocycles. The molecule has 0 saturated carbocycles. The van der Waals surface area contributed by atoms with Crippen molar-refractivity contribution in [3.05, 3.63) is 45.5 Å². The van der Waals surface area contributed by atoms with Crippen molar-refractivity contribution in [2.45, 2.75) is 6.42 Å². The summed E-state index contributed by atoms with van der Waals surface area (Å²) in [5.41, 5.74) is 1.88. The molecule has 102 valence electrons. The average Bonchev–Trinajstić information content (AvgIpc) is 2.94. The minimum Gasteiger partial charge on any atom is -0.481 e. The van der Waals surface area contributed by atoms with E-state index in [0.29, 0.717) is 26.4 Å². The molecule has 0 bridgehead atoms. The van der Waals surface area contributed by atoms with E-state index < -0.39 is 5.97 Å². The van der Waals surface area contributed by atoms with Gasteiger partial charge in [0.15, 0.2) is 0 Å². The first-order chi connectivity index (χ1) is 9.54. The Bertz CT molecular complexity index is 810. The van der Waals surface area contributed by atoms with Gasteiger partial charge < -0.3 is 9.51 Å².